The Labute approximate surface area is 121 Å². The van der Waals surface area contributed by atoms with Gasteiger partial charge in [0, 0.05) is 36.8 Å². The van der Waals surface area contributed by atoms with E-state index in [0.717, 1.165) is 60.9 Å². The highest BCUT2D eigenvalue weighted by molar-refractivity contribution is 7.15. The van der Waals surface area contributed by atoms with Crippen LogP contribution in [0, 0.1) is 18.8 Å². The van der Waals surface area contributed by atoms with Gasteiger partial charge in [-0.05, 0) is 31.8 Å². The quantitative estimate of drug-likeness (QED) is 0.885. The number of aromatic nitrogens is 2. The van der Waals surface area contributed by atoms with E-state index in [9.17, 15) is 4.79 Å². The minimum atomic E-state index is 0.0461. The minimum absolute atomic E-state index is 0.0461. The van der Waals surface area contributed by atoms with Crippen molar-refractivity contribution >= 4 is 16.3 Å². The third-order valence-corrected chi connectivity index (χ3v) is 5.42. The topological polar surface area (TPSA) is 49.6 Å². The van der Waals surface area contributed by atoms with Gasteiger partial charge in [0.1, 0.15) is 0 Å². The Morgan fingerprint density at radius 2 is 2.15 bits per heavy atom. The van der Waals surface area contributed by atoms with Crippen molar-refractivity contribution in [2.24, 2.45) is 11.8 Å². The summed E-state index contributed by atoms with van der Waals surface area (Å²) in [7, 11) is 0. The van der Waals surface area contributed by atoms with Crippen LogP contribution >= 0.6 is 11.3 Å². The maximum absolute atomic E-state index is 12.2. The van der Waals surface area contributed by atoms with Gasteiger partial charge < -0.3 is 5.32 Å². The SMILES string of the molecule is Cc1csc2nc(CN3C[C@H]4CNC[C@H]4C3)cc(=O)n12. The van der Waals surface area contributed by atoms with Crippen molar-refractivity contribution in [1.82, 2.24) is 19.6 Å². The molecule has 106 valence electrons. The summed E-state index contributed by atoms with van der Waals surface area (Å²) in [6.45, 7) is 7.28. The number of hydrogen-bond donors (Lipinski definition) is 1. The molecule has 0 aliphatic carbocycles. The number of nitrogens with one attached hydrogen (secondary N) is 1. The van der Waals surface area contributed by atoms with E-state index in [1.54, 1.807) is 21.8 Å². The standard InChI is InChI=1S/C14H18N4OS/c1-9-8-20-14-16-12(2-13(19)18(9)14)7-17-5-10-3-15-4-11(10)6-17/h2,8,10-11,15H,3-7H2,1H3/t10-,11+. The maximum atomic E-state index is 12.2. The van der Waals surface area contributed by atoms with Gasteiger partial charge >= 0.3 is 0 Å². The van der Waals surface area contributed by atoms with Crippen molar-refractivity contribution in [1.29, 1.82) is 0 Å². The van der Waals surface area contributed by atoms with Crippen LogP contribution in [-0.4, -0.2) is 40.5 Å². The third-order valence-electron chi connectivity index (χ3n) is 4.48. The predicted molar refractivity (Wildman–Crippen MR) is 79.2 cm³/mol. The second kappa shape index (κ2) is 4.65. The lowest BCUT2D eigenvalue weighted by Gasteiger charge is -2.16. The molecule has 2 aromatic heterocycles. The molecule has 2 aliphatic rings. The smallest absolute Gasteiger partial charge is 0.259 e. The molecule has 2 aromatic rings. The van der Waals surface area contributed by atoms with Crippen LogP contribution in [0.15, 0.2) is 16.2 Å². The van der Waals surface area contributed by atoms with Crippen molar-refractivity contribution in [3.8, 4) is 0 Å². The highest BCUT2D eigenvalue weighted by atomic mass is 32.1. The molecule has 6 heteroatoms. The van der Waals surface area contributed by atoms with Crippen LogP contribution in [0.25, 0.3) is 4.96 Å². The van der Waals surface area contributed by atoms with E-state index in [0.29, 0.717) is 0 Å². The molecule has 0 aromatic carbocycles. The van der Waals surface area contributed by atoms with Crippen LogP contribution in [0.4, 0.5) is 0 Å². The molecular weight excluding hydrogens is 272 g/mol. The van der Waals surface area contributed by atoms with E-state index >= 15 is 0 Å². The lowest BCUT2D eigenvalue weighted by atomic mass is 10.0. The van der Waals surface area contributed by atoms with E-state index in [1.807, 2.05) is 12.3 Å². The normalized spacial score (nSPS) is 26.4. The monoisotopic (exact) mass is 290 g/mol. The molecule has 0 amide bonds. The van der Waals surface area contributed by atoms with Crippen molar-refractivity contribution < 1.29 is 0 Å². The summed E-state index contributed by atoms with van der Waals surface area (Å²) in [6.07, 6.45) is 0. The predicted octanol–water partition coefficient (Wildman–Crippen LogP) is 0.716. The van der Waals surface area contributed by atoms with E-state index < -0.39 is 0 Å². The fourth-order valence-corrected chi connectivity index (χ4v) is 4.38. The van der Waals surface area contributed by atoms with Gasteiger partial charge in [-0.2, -0.15) is 0 Å². The van der Waals surface area contributed by atoms with Crippen LogP contribution in [0.2, 0.25) is 0 Å². The zero-order chi connectivity index (χ0) is 13.7. The first-order chi connectivity index (χ1) is 9.70. The zero-order valence-electron chi connectivity index (χ0n) is 11.5. The van der Waals surface area contributed by atoms with E-state index in [4.69, 9.17) is 0 Å². The first kappa shape index (κ1) is 12.5. The third kappa shape index (κ3) is 1.99. The lowest BCUT2D eigenvalue weighted by molar-refractivity contribution is 0.302. The number of hydrogen-bond acceptors (Lipinski definition) is 5. The van der Waals surface area contributed by atoms with Gasteiger partial charge in [-0.3, -0.25) is 14.1 Å². The number of fused-ring (bicyclic) bond motifs is 2. The van der Waals surface area contributed by atoms with Gasteiger partial charge in [0.05, 0.1) is 5.69 Å². The van der Waals surface area contributed by atoms with Gasteiger partial charge in [-0.1, -0.05) is 0 Å². The Bertz CT molecular complexity index is 695. The number of aryl methyl sites for hydroxylation is 1. The molecule has 0 saturated carbocycles. The Morgan fingerprint density at radius 1 is 1.40 bits per heavy atom. The molecule has 0 radical (unpaired) electrons. The minimum Gasteiger partial charge on any atom is -0.316 e. The van der Waals surface area contributed by atoms with Gasteiger partial charge in [-0.15, -0.1) is 11.3 Å². The maximum Gasteiger partial charge on any atom is 0.259 e. The highest BCUT2D eigenvalue weighted by Gasteiger charge is 2.35. The molecule has 0 spiro atoms. The summed E-state index contributed by atoms with van der Waals surface area (Å²) in [4.78, 5) is 20.0. The molecule has 20 heavy (non-hydrogen) atoms. The lowest BCUT2D eigenvalue weighted by Crippen LogP contribution is -2.27. The molecule has 2 fully saturated rings. The van der Waals surface area contributed by atoms with Gasteiger partial charge in [-0.25, -0.2) is 4.98 Å². The molecule has 1 N–H and O–H groups in total. The molecule has 2 atom stereocenters. The fraction of sp³-hybridized carbons (Fsp3) is 0.571. The van der Waals surface area contributed by atoms with E-state index in [2.05, 4.69) is 15.2 Å². The molecule has 4 rings (SSSR count). The summed E-state index contributed by atoms with van der Waals surface area (Å²) in [5.74, 6) is 1.56. The number of nitrogens with zero attached hydrogens (tertiary/aromatic N) is 3. The van der Waals surface area contributed by atoms with Crippen LogP contribution in [0.1, 0.15) is 11.4 Å². The zero-order valence-corrected chi connectivity index (χ0v) is 12.3. The van der Waals surface area contributed by atoms with Crippen LogP contribution in [0.5, 0.6) is 0 Å². The Balaban J connectivity index is 1.59. The van der Waals surface area contributed by atoms with E-state index in [1.165, 1.54) is 0 Å². The Morgan fingerprint density at radius 3 is 2.90 bits per heavy atom. The van der Waals surface area contributed by atoms with Gasteiger partial charge in [0.25, 0.3) is 5.56 Å². The summed E-state index contributed by atoms with van der Waals surface area (Å²) in [6, 6.07) is 1.69. The molecule has 5 nitrogen and oxygen atoms in total. The summed E-state index contributed by atoms with van der Waals surface area (Å²) >= 11 is 1.54. The summed E-state index contributed by atoms with van der Waals surface area (Å²) in [5, 5.41) is 5.44. The molecule has 0 unspecified atom stereocenters. The van der Waals surface area contributed by atoms with Crippen LogP contribution < -0.4 is 10.9 Å². The largest absolute Gasteiger partial charge is 0.316 e. The van der Waals surface area contributed by atoms with Crippen molar-refractivity contribution in [3.63, 3.8) is 0 Å². The number of rotatable bonds is 2. The summed E-state index contributed by atoms with van der Waals surface area (Å²) in [5.41, 5.74) is 1.92. The molecule has 2 saturated heterocycles. The number of thiazole rings is 1. The fourth-order valence-electron chi connectivity index (χ4n) is 3.49. The summed E-state index contributed by atoms with van der Waals surface area (Å²) < 4.78 is 1.69. The van der Waals surface area contributed by atoms with Gasteiger partial charge in [0.2, 0.25) is 0 Å². The van der Waals surface area contributed by atoms with Crippen molar-refractivity contribution in [2.75, 3.05) is 26.2 Å². The highest BCUT2D eigenvalue weighted by Crippen LogP contribution is 2.27. The van der Waals surface area contributed by atoms with E-state index in [-0.39, 0.29) is 5.56 Å². The molecule has 2 aliphatic heterocycles. The molecular formula is C14H18N4OS. The Hall–Kier alpha value is -1.24. The first-order valence-corrected chi connectivity index (χ1v) is 7.98. The molecule has 4 heterocycles. The van der Waals surface area contributed by atoms with Crippen LogP contribution in [0.3, 0.4) is 0 Å². The first-order valence-electron chi connectivity index (χ1n) is 7.10. The molecule has 0 bridgehead atoms. The second-order valence-electron chi connectivity index (χ2n) is 5.95. The average Bonchev–Trinajstić information content (AvgIpc) is 3.04. The number of likely N-dealkylation sites (tertiary alicyclic amines) is 1. The van der Waals surface area contributed by atoms with Crippen molar-refractivity contribution in [2.45, 2.75) is 13.5 Å². The second-order valence-corrected chi connectivity index (χ2v) is 6.79. The average molecular weight is 290 g/mol. The van der Waals surface area contributed by atoms with Crippen molar-refractivity contribution in [3.05, 3.63) is 33.2 Å². The van der Waals surface area contributed by atoms with Gasteiger partial charge in [0.15, 0.2) is 4.96 Å². The van der Waals surface area contributed by atoms with Crippen LogP contribution in [-0.2, 0) is 6.54 Å². The Kier molecular flexibility index (Phi) is 2.90.